The van der Waals surface area contributed by atoms with Crippen LogP contribution in [-0.4, -0.2) is 10.9 Å². The highest BCUT2D eigenvalue weighted by Gasteiger charge is 2.16. The molecular formula is C29H26N4O. The van der Waals surface area contributed by atoms with Gasteiger partial charge < -0.3 is 16.4 Å². The van der Waals surface area contributed by atoms with Gasteiger partial charge in [-0.1, -0.05) is 42.5 Å². The van der Waals surface area contributed by atoms with Gasteiger partial charge in [0.15, 0.2) is 0 Å². The van der Waals surface area contributed by atoms with Crippen LogP contribution in [0.4, 0.5) is 22.7 Å². The minimum atomic E-state index is -0.144. The Morgan fingerprint density at radius 1 is 0.941 bits per heavy atom. The number of aryl methyl sites for hydroxylation is 2. The number of benzene rings is 3. The van der Waals surface area contributed by atoms with Crippen LogP contribution in [0.1, 0.15) is 32.7 Å². The van der Waals surface area contributed by atoms with Gasteiger partial charge in [-0.25, -0.2) is 0 Å². The molecule has 0 saturated carbocycles. The number of nitrogens with zero attached hydrogens (tertiary/aromatic N) is 1. The standard InChI is InChI=1S/C29H26N4O/c1-18-6-3-9-23(14-18)31-29(34)21-13-12-19(2)26(16-21)33-28-17-27(20-7-4-8-22(30)15-20)32-25-11-5-10-24(25)28/h3-10,12-17H,11,30H2,1-2H3,(H,31,34)(H,32,33). The lowest BCUT2D eigenvalue weighted by Gasteiger charge is -2.16. The van der Waals surface area contributed by atoms with E-state index in [1.807, 2.05) is 86.6 Å². The Labute approximate surface area is 199 Å². The minimum absolute atomic E-state index is 0.144. The number of aromatic nitrogens is 1. The average molecular weight is 447 g/mol. The molecule has 1 heterocycles. The Balaban J connectivity index is 1.47. The molecule has 0 unspecified atom stereocenters. The first-order valence-corrected chi connectivity index (χ1v) is 11.3. The van der Waals surface area contributed by atoms with E-state index in [2.05, 4.69) is 22.8 Å². The molecule has 0 bridgehead atoms. The van der Waals surface area contributed by atoms with Gasteiger partial charge in [-0.05, 0) is 67.4 Å². The lowest BCUT2D eigenvalue weighted by Crippen LogP contribution is -2.12. The summed E-state index contributed by atoms with van der Waals surface area (Å²) in [6.07, 6.45) is 5.00. The van der Waals surface area contributed by atoms with E-state index in [0.29, 0.717) is 11.3 Å². The molecule has 0 spiro atoms. The van der Waals surface area contributed by atoms with Gasteiger partial charge in [0.1, 0.15) is 0 Å². The van der Waals surface area contributed by atoms with Crippen LogP contribution >= 0.6 is 0 Å². The highest BCUT2D eigenvalue weighted by molar-refractivity contribution is 6.05. The summed E-state index contributed by atoms with van der Waals surface area (Å²) in [5.74, 6) is -0.144. The van der Waals surface area contributed by atoms with Crippen molar-refractivity contribution in [2.24, 2.45) is 0 Å². The molecule has 1 aliphatic carbocycles. The van der Waals surface area contributed by atoms with Crippen molar-refractivity contribution >= 4 is 34.7 Å². The summed E-state index contributed by atoms with van der Waals surface area (Å²) in [6, 6.07) is 23.3. The largest absolute Gasteiger partial charge is 0.399 e. The first kappa shape index (κ1) is 21.5. The van der Waals surface area contributed by atoms with Gasteiger partial charge in [-0.15, -0.1) is 0 Å². The lowest BCUT2D eigenvalue weighted by atomic mass is 10.0. The van der Waals surface area contributed by atoms with Crippen molar-refractivity contribution in [2.45, 2.75) is 20.3 Å². The van der Waals surface area contributed by atoms with Gasteiger partial charge in [0.25, 0.3) is 5.91 Å². The smallest absolute Gasteiger partial charge is 0.255 e. The molecule has 1 aliphatic rings. The van der Waals surface area contributed by atoms with E-state index in [4.69, 9.17) is 10.7 Å². The van der Waals surface area contributed by atoms with Gasteiger partial charge in [-0.3, -0.25) is 9.78 Å². The first-order chi connectivity index (χ1) is 16.5. The lowest BCUT2D eigenvalue weighted by molar-refractivity contribution is 0.102. The van der Waals surface area contributed by atoms with Crippen LogP contribution in [0.15, 0.2) is 78.9 Å². The van der Waals surface area contributed by atoms with Gasteiger partial charge in [0.2, 0.25) is 0 Å². The maximum absolute atomic E-state index is 12.9. The predicted molar refractivity (Wildman–Crippen MR) is 140 cm³/mol. The van der Waals surface area contributed by atoms with Gasteiger partial charge >= 0.3 is 0 Å². The number of nitrogen functional groups attached to an aromatic ring is 1. The topological polar surface area (TPSA) is 80.0 Å². The van der Waals surface area contributed by atoms with Gasteiger partial charge in [-0.2, -0.15) is 0 Å². The Kier molecular flexibility index (Phi) is 5.60. The number of carbonyl (C=O) groups excluding carboxylic acids is 1. The van der Waals surface area contributed by atoms with Crippen LogP contribution in [0.25, 0.3) is 17.3 Å². The molecule has 0 aliphatic heterocycles. The second kappa shape index (κ2) is 8.87. The molecule has 5 nitrogen and oxygen atoms in total. The normalized spacial score (nSPS) is 11.8. The van der Waals surface area contributed by atoms with Crippen LogP contribution in [-0.2, 0) is 6.42 Å². The Bertz CT molecular complexity index is 1440. The third kappa shape index (κ3) is 4.41. The molecular weight excluding hydrogens is 420 g/mol. The van der Waals surface area contributed by atoms with Crippen LogP contribution in [0.3, 0.4) is 0 Å². The second-order valence-electron chi connectivity index (χ2n) is 8.63. The van der Waals surface area contributed by atoms with Crippen molar-refractivity contribution in [3.63, 3.8) is 0 Å². The van der Waals surface area contributed by atoms with Crippen LogP contribution in [0, 0.1) is 13.8 Å². The number of pyridine rings is 1. The molecule has 34 heavy (non-hydrogen) atoms. The summed E-state index contributed by atoms with van der Waals surface area (Å²) in [5, 5.41) is 6.55. The van der Waals surface area contributed by atoms with E-state index in [-0.39, 0.29) is 5.91 Å². The van der Waals surface area contributed by atoms with E-state index in [9.17, 15) is 4.79 Å². The quantitative estimate of drug-likeness (QED) is 0.305. The molecule has 0 saturated heterocycles. The second-order valence-corrected chi connectivity index (χ2v) is 8.63. The number of rotatable bonds is 5. The number of hydrogen-bond acceptors (Lipinski definition) is 4. The molecule has 5 rings (SSSR count). The fourth-order valence-corrected chi connectivity index (χ4v) is 4.16. The number of amides is 1. The van der Waals surface area contributed by atoms with Crippen molar-refractivity contribution in [3.05, 3.63) is 107 Å². The van der Waals surface area contributed by atoms with Crippen LogP contribution in [0.5, 0.6) is 0 Å². The molecule has 3 aromatic carbocycles. The molecule has 0 fully saturated rings. The zero-order chi connectivity index (χ0) is 23.7. The Morgan fingerprint density at radius 2 is 1.79 bits per heavy atom. The van der Waals surface area contributed by atoms with E-state index in [1.165, 1.54) is 0 Å². The highest BCUT2D eigenvalue weighted by atomic mass is 16.1. The maximum atomic E-state index is 12.9. The van der Waals surface area contributed by atoms with Gasteiger partial charge in [0.05, 0.1) is 11.4 Å². The fraction of sp³-hybridized carbons (Fsp3) is 0.103. The van der Waals surface area contributed by atoms with Crippen molar-refractivity contribution in [3.8, 4) is 11.3 Å². The molecule has 4 N–H and O–H groups in total. The number of nitrogens with two attached hydrogens (primary N) is 1. The van der Waals surface area contributed by atoms with E-state index < -0.39 is 0 Å². The van der Waals surface area contributed by atoms with E-state index in [0.717, 1.165) is 57.1 Å². The molecule has 168 valence electrons. The third-order valence-corrected chi connectivity index (χ3v) is 5.96. The number of nitrogens with one attached hydrogen (secondary N) is 2. The van der Waals surface area contributed by atoms with Crippen LogP contribution < -0.4 is 16.4 Å². The summed E-state index contributed by atoms with van der Waals surface area (Å²) in [4.78, 5) is 17.8. The number of allylic oxidation sites excluding steroid dienone is 1. The minimum Gasteiger partial charge on any atom is -0.399 e. The molecule has 1 amide bonds. The zero-order valence-corrected chi connectivity index (χ0v) is 19.2. The summed E-state index contributed by atoms with van der Waals surface area (Å²) in [6.45, 7) is 4.03. The first-order valence-electron chi connectivity index (χ1n) is 11.3. The fourth-order valence-electron chi connectivity index (χ4n) is 4.16. The highest BCUT2D eigenvalue weighted by Crippen LogP contribution is 2.34. The maximum Gasteiger partial charge on any atom is 0.255 e. The third-order valence-electron chi connectivity index (χ3n) is 5.96. The monoisotopic (exact) mass is 446 g/mol. The summed E-state index contributed by atoms with van der Waals surface area (Å²) >= 11 is 0. The molecule has 0 radical (unpaired) electrons. The van der Waals surface area contributed by atoms with E-state index in [1.54, 1.807) is 0 Å². The van der Waals surface area contributed by atoms with Crippen molar-refractivity contribution < 1.29 is 4.79 Å². The zero-order valence-electron chi connectivity index (χ0n) is 19.2. The van der Waals surface area contributed by atoms with Crippen molar-refractivity contribution in [2.75, 3.05) is 16.4 Å². The SMILES string of the molecule is Cc1cccc(NC(=O)c2ccc(C)c(Nc3cc(-c4cccc(N)c4)nc4c3C=CC4)c2)c1. The molecule has 0 atom stereocenters. The number of anilines is 4. The summed E-state index contributed by atoms with van der Waals surface area (Å²) < 4.78 is 0. The van der Waals surface area contributed by atoms with Crippen molar-refractivity contribution in [1.82, 2.24) is 4.98 Å². The van der Waals surface area contributed by atoms with Crippen molar-refractivity contribution in [1.29, 1.82) is 0 Å². The van der Waals surface area contributed by atoms with Crippen LogP contribution in [0.2, 0.25) is 0 Å². The summed E-state index contributed by atoms with van der Waals surface area (Å²) in [5.41, 5.74) is 16.0. The van der Waals surface area contributed by atoms with E-state index >= 15 is 0 Å². The number of hydrogen-bond donors (Lipinski definition) is 3. The Morgan fingerprint density at radius 3 is 2.62 bits per heavy atom. The van der Waals surface area contributed by atoms with Gasteiger partial charge in [0, 0.05) is 45.9 Å². The summed E-state index contributed by atoms with van der Waals surface area (Å²) in [7, 11) is 0. The number of carbonyl (C=O) groups is 1. The molecule has 1 aromatic heterocycles. The molecule has 5 heteroatoms. The predicted octanol–water partition coefficient (Wildman–Crippen LogP) is 6.51. The number of fused-ring (bicyclic) bond motifs is 1. The average Bonchev–Trinajstić information content (AvgIpc) is 3.29. The Hall–Kier alpha value is -4.38. The molecule has 4 aromatic rings.